The third kappa shape index (κ3) is 5.25. The van der Waals surface area contributed by atoms with E-state index in [-0.39, 0.29) is 43.9 Å². The van der Waals surface area contributed by atoms with Crippen LogP contribution in [0, 0.1) is 13.8 Å². The van der Waals surface area contributed by atoms with Crippen LogP contribution in [0.15, 0.2) is 23.1 Å². The van der Waals surface area contributed by atoms with Gasteiger partial charge in [-0.1, -0.05) is 58.5 Å². The second kappa shape index (κ2) is 8.94. The van der Waals surface area contributed by atoms with E-state index in [1.54, 1.807) is 26.0 Å². The Morgan fingerprint density at radius 2 is 1.70 bits per heavy atom. The fourth-order valence-corrected chi connectivity index (χ4v) is 4.33. The largest absolute Gasteiger partial charge is 0.349 e. The first-order valence-electron chi connectivity index (χ1n) is 7.59. The number of aryl methyl sites for hydroxylation is 2. The smallest absolute Gasteiger partial charge is 0.271 e. The normalized spacial score (nSPS) is 11.5. The number of aromatic nitrogens is 1. The van der Waals surface area contributed by atoms with Gasteiger partial charge in [0.15, 0.2) is 0 Å². The minimum atomic E-state index is -3.71. The van der Waals surface area contributed by atoms with Gasteiger partial charge in [-0.25, -0.2) is 18.1 Å². The highest BCUT2D eigenvalue weighted by Crippen LogP contribution is 2.35. The summed E-state index contributed by atoms with van der Waals surface area (Å²) in [5.74, 6) is -0.661. The standard InChI is InChI=1S/C16H15Cl4N3O3S/c1-8-3-4-9(2)10(7-8)27(25,26)22-6-5-21-16(24)14-12(18)11(17)13(19)15(20)23-14/h3-4,7,22H,5-6H2,1-2H3,(H,21,24). The van der Waals surface area contributed by atoms with E-state index in [2.05, 4.69) is 15.0 Å². The molecule has 2 aromatic rings. The van der Waals surface area contributed by atoms with E-state index < -0.39 is 15.9 Å². The summed E-state index contributed by atoms with van der Waals surface area (Å²) < 4.78 is 27.2. The zero-order chi connectivity index (χ0) is 20.4. The number of hydrogen-bond acceptors (Lipinski definition) is 4. The van der Waals surface area contributed by atoms with Crippen molar-refractivity contribution in [3.05, 3.63) is 55.2 Å². The summed E-state index contributed by atoms with van der Waals surface area (Å²) in [5.41, 5.74) is 1.25. The molecule has 1 aromatic heterocycles. The van der Waals surface area contributed by atoms with Crippen LogP contribution in [0.5, 0.6) is 0 Å². The highest BCUT2D eigenvalue weighted by atomic mass is 35.5. The molecule has 1 amide bonds. The van der Waals surface area contributed by atoms with Gasteiger partial charge in [-0.05, 0) is 31.0 Å². The molecule has 0 fully saturated rings. The van der Waals surface area contributed by atoms with E-state index >= 15 is 0 Å². The molecule has 0 bridgehead atoms. The maximum Gasteiger partial charge on any atom is 0.271 e. The zero-order valence-corrected chi connectivity index (χ0v) is 18.1. The molecule has 0 aliphatic rings. The number of halogens is 4. The first kappa shape index (κ1) is 22.2. The Kier molecular flexibility index (Phi) is 7.35. The molecule has 0 spiro atoms. The molecular formula is C16H15Cl4N3O3S. The van der Waals surface area contributed by atoms with Crippen molar-refractivity contribution in [2.75, 3.05) is 13.1 Å². The fourth-order valence-electron chi connectivity index (χ4n) is 2.16. The third-order valence-electron chi connectivity index (χ3n) is 3.54. The highest BCUT2D eigenvalue weighted by Gasteiger charge is 2.21. The number of sulfonamides is 1. The Morgan fingerprint density at radius 1 is 1.04 bits per heavy atom. The summed E-state index contributed by atoms with van der Waals surface area (Å²) in [4.78, 5) is 16.2. The van der Waals surface area contributed by atoms with Gasteiger partial charge in [-0.15, -0.1) is 0 Å². The van der Waals surface area contributed by atoms with E-state index in [4.69, 9.17) is 46.4 Å². The second-order valence-electron chi connectivity index (χ2n) is 5.62. The van der Waals surface area contributed by atoms with Crippen LogP contribution >= 0.6 is 46.4 Å². The van der Waals surface area contributed by atoms with Gasteiger partial charge in [0.25, 0.3) is 5.91 Å². The number of pyridine rings is 1. The Morgan fingerprint density at radius 3 is 2.37 bits per heavy atom. The van der Waals surface area contributed by atoms with Crippen molar-refractivity contribution >= 4 is 62.3 Å². The molecule has 1 heterocycles. The summed E-state index contributed by atoms with van der Waals surface area (Å²) in [5, 5.41) is 2.05. The minimum absolute atomic E-state index is 0.00119. The topological polar surface area (TPSA) is 88.2 Å². The van der Waals surface area contributed by atoms with Crippen LogP contribution in [0.1, 0.15) is 21.6 Å². The lowest BCUT2D eigenvalue weighted by Gasteiger charge is -2.11. The molecule has 146 valence electrons. The molecular weight excluding hydrogens is 456 g/mol. The van der Waals surface area contributed by atoms with E-state index in [0.29, 0.717) is 5.56 Å². The molecule has 0 aliphatic carbocycles. The quantitative estimate of drug-likeness (QED) is 0.492. The van der Waals surface area contributed by atoms with Crippen molar-refractivity contribution in [2.24, 2.45) is 0 Å². The molecule has 1 aromatic carbocycles. The number of carbonyl (C=O) groups is 1. The number of benzene rings is 1. The summed E-state index contributed by atoms with van der Waals surface area (Å²) >= 11 is 23.4. The molecule has 2 N–H and O–H groups in total. The average molecular weight is 471 g/mol. The third-order valence-corrected chi connectivity index (χ3v) is 6.82. The number of amides is 1. The van der Waals surface area contributed by atoms with Crippen molar-refractivity contribution in [3.8, 4) is 0 Å². The lowest BCUT2D eigenvalue weighted by atomic mass is 10.2. The molecule has 0 saturated carbocycles. The van der Waals surface area contributed by atoms with E-state index in [9.17, 15) is 13.2 Å². The van der Waals surface area contributed by atoms with E-state index in [1.807, 2.05) is 6.07 Å². The molecule has 6 nitrogen and oxygen atoms in total. The van der Waals surface area contributed by atoms with E-state index in [1.165, 1.54) is 0 Å². The summed E-state index contributed by atoms with van der Waals surface area (Å²) in [7, 11) is -3.71. The van der Waals surface area contributed by atoms with Gasteiger partial charge in [0.1, 0.15) is 10.8 Å². The van der Waals surface area contributed by atoms with Crippen LogP contribution in [0.3, 0.4) is 0 Å². The fraction of sp³-hybridized carbons (Fsp3) is 0.250. The summed E-state index contributed by atoms with van der Waals surface area (Å²) in [6, 6.07) is 5.14. The first-order valence-corrected chi connectivity index (χ1v) is 10.6. The van der Waals surface area contributed by atoms with Gasteiger partial charge in [0.2, 0.25) is 10.0 Å². The van der Waals surface area contributed by atoms with Gasteiger partial charge < -0.3 is 5.32 Å². The summed E-state index contributed by atoms with van der Waals surface area (Å²) in [6.45, 7) is 3.47. The van der Waals surface area contributed by atoms with Crippen LogP contribution in [0.4, 0.5) is 0 Å². The maximum absolute atomic E-state index is 12.4. The van der Waals surface area contributed by atoms with Crippen LogP contribution in [-0.2, 0) is 10.0 Å². The molecule has 0 saturated heterocycles. The van der Waals surface area contributed by atoms with Crippen LogP contribution in [0.2, 0.25) is 20.2 Å². The minimum Gasteiger partial charge on any atom is -0.349 e. The molecule has 27 heavy (non-hydrogen) atoms. The molecule has 0 radical (unpaired) electrons. The van der Waals surface area contributed by atoms with Gasteiger partial charge >= 0.3 is 0 Å². The second-order valence-corrected chi connectivity index (χ2v) is 8.84. The average Bonchev–Trinajstić information content (AvgIpc) is 2.61. The number of hydrogen-bond donors (Lipinski definition) is 2. The van der Waals surface area contributed by atoms with Crippen molar-refractivity contribution in [2.45, 2.75) is 18.7 Å². The van der Waals surface area contributed by atoms with Crippen LogP contribution in [0.25, 0.3) is 0 Å². The van der Waals surface area contributed by atoms with Gasteiger partial charge in [0, 0.05) is 13.1 Å². The Hall–Kier alpha value is -1.09. The highest BCUT2D eigenvalue weighted by molar-refractivity contribution is 7.89. The van der Waals surface area contributed by atoms with Crippen LogP contribution < -0.4 is 10.0 Å². The lowest BCUT2D eigenvalue weighted by Crippen LogP contribution is -2.35. The predicted octanol–water partition coefficient (Wildman–Crippen LogP) is 4.02. The number of nitrogens with one attached hydrogen (secondary N) is 2. The lowest BCUT2D eigenvalue weighted by molar-refractivity contribution is 0.0949. The number of nitrogens with zero attached hydrogens (tertiary/aromatic N) is 1. The van der Waals surface area contributed by atoms with Gasteiger partial charge in [-0.2, -0.15) is 0 Å². The van der Waals surface area contributed by atoms with Gasteiger partial charge in [-0.3, -0.25) is 4.79 Å². The number of carbonyl (C=O) groups excluding carboxylic acids is 1. The van der Waals surface area contributed by atoms with Crippen LogP contribution in [-0.4, -0.2) is 32.4 Å². The molecule has 0 atom stereocenters. The summed E-state index contributed by atoms with van der Waals surface area (Å²) in [6.07, 6.45) is 0. The first-order chi connectivity index (χ1) is 12.5. The Bertz CT molecular complexity index is 997. The number of rotatable bonds is 6. The van der Waals surface area contributed by atoms with Gasteiger partial charge in [0.05, 0.1) is 20.0 Å². The van der Waals surface area contributed by atoms with Crippen molar-refractivity contribution in [1.82, 2.24) is 15.0 Å². The van der Waals surface area contributed by atoms with Crippen molar-refractivity contribution in [3.63, 3.8) is 0 Å². The molecule has 2 rings (SSSR count). The molecule has 11 heteroatoms. The molecule has 0 unspecified atom stereocenters. The zero-order valence-electron chi connectivity index (χ0n) is 14.2. The van der Waals surface area contributed by atoms with Crippen molar-refractivity contribution in [1.29, 1.82) is 0 Å². The monoisotopic (exact) mass is 469 g/mol. The Balaban J connectivity index is 2.01. The van der Waals surface area contributed by atoms with Crippen molar-refractivity contribution < 1.29 is 13.2 Å². The SMILES string of the molecule is Cc1ccc(C)c(S(=O)(=O)NCCNC(=O)c2nc(Cl)c(Cl)c(Cl)c2Cl)c1. The maximum atomic E-state index is 12.4. The predicted molar refractivity (Wildman–Crippen MR) is 108 cm³/mol. The Labute approximate surface area is 177 Å². The molecule has 0 aliphatic heterocycles. The van der Waals surface area contributed by atoms with E-state index in [0.717, 1.165) is 5.56 Å².